The van der Waals surface area contributed by atoms with Crippen molar-refractivity contribution in [3.05, 3.63) is 47.5 Å². The second-order valence-corrected chi connectivity index (χ2v) is 3.93. The molecule has 1 aliphatic rings. The second-order valence-electron chi connectivity index (χ2n) is 3.93. The lowest BCUT2D eigenvalue weighted by Gasteiger charge is -2.18. The van der Waals surface area contributed by atoms with Crippen molar-refractivity contribution in [2.45, 2.75) is 12.3 Å². The molecule has 0 heterocycles. The molecule has 0 radical (unpaired) electrons. The van der Waals surface area contributed by atoms with Gasteiger partial charge in [0.15, 0.2) is 0 Å². The van der Waals surface area contributed by atoms with Crippen LogP contribution in [0.1, 0.15) is 11.1 Å². The second kappa shape index (κ2) is 2.80. The van der Waals surface area contributed by atoms with E-state index in [1.54, 1.807) is 0 Å². The third-order valence-corrected chi connectivity index (χ3v) is 3.13. The van der Waals surface area contributed by atoms with E-state index in [0.29, 0.717) is 12.0 Å². The third kappa shape index (κ3) is 1.05. The van der Waals surface area contributed by atoms with Crippen molar-refractivity contribution in [1.82, 2.24) is 0 Å². The molecule has 2 aromatic rings. The molecule has 1 nitrogen and oxygen atoms in total. The lowest BCUT2D eigenvalue weighted by molar-refractivity contribution is -0.123. The standard InChI is InChI=1S/C13H11FO/c1-15-13(14)8-10-6-2-4-9-5-3-7-11(13)12(9)10/h2-7H,8H2,1H3. The van der Waals surface area contributed by atoms with Crippen LogP contribution in [0.25, 0.3) is 10.8 Å². The van der Waals surface area contributed by atoms with Crippen molar-refractivity contribution < 1.29 is 9.13 Å². The molecule has 1 atom stereocenters. The van der Waals surface area contributed by atoms with Crippen LogP contribution in [0.15, 0.2) is 36.4 Å². The van der Waals surface area contributed by atoms with Gasteiger partial charge >= 0.3 is 0 Å². The molecular formula is C13H11FO. The Morgan fingerprint density at radius 3 is 2.67 bits per heavy atom. The molecule has 0 aromatic heterocycles. The van der Waals surface area contributed by atoms with Crippen LogP contribution in [-0.4, -0.2) is 7.11 Å². The van der Waals surface area contributed by atoms with Crippen LogP contribution < -0.4 is 0 Å². The summed E-state index contributed by atoms with van der Waals surface area (Å²) in [5, 5.41) is 2.10. The molecule has 15 heavy (non-hydrogen) atoms. The number of benzene rings is 2. The molecule has 1 unspecified atom stereocenters. The zero-order chi connectivity index (χ0) is 10.5. The molecule has 0 amide bonds. The zero-order valence-electron chi connectivity index (χ0n) is 8.46. The summed E-state index contributed by atoms with van der Waals surface area (Å²) < 4.78 is 19.4. The van der Waals surface area contributed by atoms with Crippen molar-refractivity contribution in [2.24, 2.45) is 0 Å². The van der Waals surface area contributed by atoms with Gasteiger partial charge in [0.2, 0.25) is 5.85 Å². The SMILES string of the molecule is COC1(F)Cc2cccc3cccc1c23. The summed E-state index contributed by atoms with van der Waals surface area (Å²) in [6.07, 6.45) is 0.320. The summed E-state index contributed by atoms with van der Waals surface area (Å²) in [6, 6.07) is 11.6. The van der Waals surface area contributed by atoms with E-state index < -0.39 is 5.85 Å². The van der Waals surface area contributed by atoms with Gasteiger partial charge in [-0.15, -0.1) is 0 Å². The fourth-order valence-electron chi connectivity index (χ4n) is 2.40. The van der Waals surface area contributed by atoms with E-state index >= 15 is 0 Å². The van der Waals surface area contributed by atoms with Crippen LogP contribution in [-0.2, 0) is 17.0 Å². The van der Waals surface area contributed by atoms with Gasteiger partial charge in [-0.3, -0.25) is 0 Å². The van der Waals surface area contributed by atoms with Gasteiger partial charge in [0.05, 0.1) is 0 Å². The van der Waals surface area contributed by atoms with Gasteiger partial charge < -0.3 is 4.74 Å². The first-order valence-electron chi connectivity index (χ1n) is 5.00. The lowest BCUT2D eigenvalue weighted by atomic mass is 10.0. The monoisotopic (exact) mass is 202 g/mol. The maximum atomic E-state index is 14.4. The highest BCUT2D eigenvalue weighted by atomic mass is 19.2. The Kier molecular flexibility index (Phi) is 1.65. The van der Waals surface area contributed by atoms with Crippen LogP contribution in [0.3, 0.4) is 0 Å². The normalized spacial score (nSPS) is 23.6. The van der Waals surface area contributed by atoms with Crippen molar-refractivity contribution in [2.75, 3.05) is 7.11 Å². The van der Waals surface area contributed by atoms with Gasteiger partial charge in [-0.2, -0.15) is 0 Å². The minimum Gasteiger partial charge on any atom is -0.345 e. The van der Waals surface area contributed by atoms with Gasteiger partial charge in [-0.1, -0.05) is 36.4 Å². The zero-order valence-corrected chi connectivity index (χ0v) is 8.46. The highest BCUT2D eigenvalue weighted by Crippen LogP contribution is 2.43. The fraction of sp³-hybridized carbons (Fsp3) is 0.231. The van der Waals surface area contributed by atoms with Crippen LogP contribution in [0, 0.1) is 0 Å². The first-order chi connectivity index (χ1) is 7.24. The van der Waals surface area contributed by atoms with Crippen LogP contribution in [0.4, 0.5) is 4.39 Å². The molecular weight excluding hydrogens is 191 g/mol. The number of hydrogen-bond acceptors (Lipinski definition) is 1. The highest BCUT2D eigenvalue weighted by Gasteiger charge is 2.39. The molecule has 0 bridgehead atoms. The Balaban J connectivity index is 2.41. The molecule has 76 valence electrons. The molecule has 0 N–H and O–H groups in total. The van der Waals surface area contributed by atoms with Crippen LogP contribution >= 0.6 is 0 Å². The largest absolute Gasteiger partial charge is 0.345 e. The van der Waals surface area contributed by atoms with Gasteiger partial charge in [-0.25, -0.2) is 4.39 Å². The van der Waals surface area contributed by atoms with E-state index in [9.17, 15) is 4.39 Å². The van der Waals surface area contributed by atoms with Gasteiger partial charge in [0.25, 0.3) is 0 Å². The number of alkyl halides is 1. The Hall–Kier alpha value is -1.41. The topological polar surface area (TPSA) is 9.23 Å². The summed E-state index contributed by atoms with van der Waals surface area (Å²) in [4.78, 5) is 0. The number of rotatable bonds is 1. The molecule has 2 heteroatoms. The maximum Gasteiger partial charge on any atom is 0.239 e. The number of methoxy groups -OCH3 is 1. The number of ether oxygens (including phenoxy) is 1. The Morgan fingerprint density at radius 2 is 1.93 bits per heavy atom. The molecule has 0 aliphatic heterocycles. The quantitative estimate of drug-likeness (QED) is 0.690. The summed E-state index contributed by atoms with van der Waals surface area (Å²) in [6.45, 7) is 0. The number of halogens is 1. The van der Waals surface area contributed by atoms with Gasteiger partial charge in [-0.05, 0) is 16.3 Å². The van der Waals surface area contributed by atoms with Gasteiger partial charge in [0, 0.05) is 19.1 Å². The fourth-order valence-corrected chi connectivity index (χ4v) is 2.40. The molecule has 0 saturated heterocycles. The van der Waals surface area contributed by atoms with Crippen molar-refractivity contribution in [1.29, 1.82) is 0 Å². The highest BCUT2D eigenvalue weighted by molar-refractivity contribution is 5.91. The third-order valence-electron chi connectivity index (χ3n) is 3.13. The van der Waals surface area contributed by atoms with Crippen LogP contribution in [0.2, 0.25) is 0 Å². The Labute approximate surface area is 87.5 Å². The molecule has 0 saturated carbocycles. The van der Waals surface area contributed by atoms with E-state index in [4.69, 9.17) is 4.74 Å². The minimum atomic E-state index is -1.64. The summed E-state index contributed by atoms with van der Waals surface area (Å²) in [5.41, 5.74) is 1.70. The predicted molar refractivity (Wildman–Crippen MR) is 57.4 cm³/mol. The maximum absolute atomic E-state index is 14.4. The first kappa shape index (κ1) is 8.86. The van der Waals surface area contributed by atoms with Crippen molar-refractivity contribution >= 4 is 10.8 Å². The molecule has 2 aromatic carbocycles. The predicted octanol–water partition coefficient (Wildman–Crippen LogP) is 3.16. The lowest BCUT2D eigenvalue weighted by Crippen LogP contribution is -2.21. The van der Waals surface area contributed by atoms with Gasteiger partial charge in [0.1, 0.15) is 0 Å². The van der Waals surface area contributed by atoms with Crippen molar-refractivity contribution in [3.8, 4) is 0 Å². The van der Waals surface area contributed by atoms with E-state index in [1.807, 2.05) is 36.4 Å². The smallest absolute Gasteiger partial charge is 0.239 e. The van der Waals surface area contributed by atoms with Crippen molar-refractivity contribution in [3.63, 3.8) is 0 Å². The molecule has 3 rings (SSSR count). The van der Waals surface area contributed by atoms with E-state index in [2.05, 4.69) is 0 Å². The van der Waals surface area contributed by atoms with Crippen LogP contribution in [0.5, 0.6) is 0 Å². The summed E-state index contributed by atoms with van der Waals surface area (Å²) in [7, 11) is 1.42. The summed E-state index contributed by atoms with van der Waals surface area (Å²) >= 11 is 0. The first-order valence-corrected chi connectivity index (χ1v) is 5.00. The summed E-state index contributed by atoms with van der Waals surface area (Å²) in [5.74, 6) is -1.64. The Morgan fingerprint density at radius 1 is 1.20 bits per heavy atom. The Bertz CT molecular complexity index is 530. The molecule has 1 aliphatic carbocycles. The minimum absolute atomic E-state index is 0.320. The van der Waals surface area contributed by atoms with E-state index in [0.717, 1.165) is 16.3 Å². The van der Waals surface area contributed by atoms with E-state index in [-0.39, 0.29) is 0 Å². The van der Waals surface area contributed by atoms with E-state index in [1.165, 1.54) is 7.11 Å². The molecule has 0 fully saturated rings. The average Bonchev–Trinajstić information content (AvgIpc) is 2.56. The number of hydrogen-bond donors (Lipinski definition) is 0. The average molecular weight is 202 g/mol. The molecule has 0 spiro atoms.